The number of hydrogen-bond acceptors (Lipinski definition) is 7. The molecule has 8 heteroatoms. The molecule has 0 saturated carbocycles. The van der Waals surface area contributed by atoms with Crippen LogP contribution in [0.3, 0.4) is 0 Å². The van der Waals surface area contributed by atoms with E-state index in [2.05, 4.69) is 11.4 Å². The highest BCUT2D eigenvalue weighted by molar-refractivity contribution is 6.27. The van der Waals surface area contributed by atoms with Gasteiger partial charge in [0.1, 0.15) is 24.9 Å². The fraction of sp³-hybridized carbons (Fsp3) is 0.368. The molecule has 0 bridgehead atoms. The number of benzene rings is 1. The predicted molar refractivity (Wildman–Crippen MR) is 95.0 cm³/mol. The highest BCUT2D eigenvalue weighted by Crippen LogP contribution is 2.28. The number of carbonyl (C=O) groups excluding carboxylic acids is 4. The summed E-state index contributed by atoms with van der Waals surface area (Å²) in [5.74, 6) is -2.85. The molecule has 2 atom stereocenters. The molecule has 1 aliphatic rings. The van der Waals surface area contributed by atoms with Crippen LogP contribution in [0.5, 0.6) is 5.75 Å². The summed E-state index contributed by atoms with van der Waals surface area (Å²) >= 11 is 0. The molecule has 0 spiro atoms. The summed E-state index contributed by atoms with van der Waals surface area (Å²) in [5, 5.41) is 0. The van der Waals surface area contributed by atoms with Gasteiger partial charge >= 0.3 is 24.1 Å². The van der Waals surface area contributed by atoms with Crippen LogP contribution in [-0.4, -0.2) is 43.2 Å². The van der Waals surface area contributed by atoms with E-state index in [1.807, 2.05) is 0 Å². The highest BCUT2D eigenvalue weighted by Gasteiger charge is 2.42. The van der Waals surface area contributed by atoms with Gasteiger partial charge in [-0.2, -0.15) is 0 Å². The summed E-state index contributed by atoms with van der Waals surface area (Å²) in [6, 6.07) is 6.50. The molecule has 1 aromatic carbocycles. The van der Waals surface area contributed by atoms with Crippen molar-refractivity contribution in [3.8, 4) is 5.75 Å². The molecule has 0 radical (unpaired) electrons. The Bertz CT molecular complexity index is 778. The van der Waals surface area contributed by atoms with Crippen molar-refractivity contribution in [1.29, 1.82) is 0 Å². The molecule has 0 N–H and O–H groups in total. The number of ether oxygens (including phenoxy) is 3. The van der Waals surface area contributed by atoms with E-state index in [9.17, 15) is 19.2 Å². The molecule has 0 aliphatic carbocycles. The number of Topliss-reactive ketones (excluding diaryl/α,β-unsaturated/α-hetero) is 1. The Morgan fingerprint density at radius 1 is 1.30 bits per heavy atom. The summed E-state index contributed by atoms with van der Waals surface area (Å²) in [6.45, 7) is 4.44. The largest absolute Gasteiger partial charge is 0.465 e. The molecule has 1 unspecified atom stereocenters. The summed E-state index contributed by atoms with van der Waals surface area (Å²) in [4.78, 5) is 46.5. The average molecular weight is 374 g/mol. The lowest BCUT2D eigenvalue weighted by Gasteiger charge is -2.14. The van der Waals surface area contributed by atoms with E-state index in [0.717, 1.165) is 6.21 Å². The van der Waals surface area contributed by atoms with Crippen LogP contribution in [0.2, 0.25) is 0 Å². The first-order valence-corrected chi connectivity index (χ1v) is 8.33. The van der Waals surface area contributed by atoms with Crippen molar-refractivity contribution in [2.24, 2.45) is 11.8 Å². The maximum atomic E-state index is 12.3. The standard InChI is InChI=1S/C19H20NO7/c1-12(21)27-15-6-3-13(4-7-15)10-25-19(24)17-11-26-18(23)16(17)8-5-14(22)9-20-2/h3-4,6-7,9,16-17H,2,5,8,10-11H2,1H3/q+1/t16-,17?/m1/s1. The molecular formula is C19H20NO7+. The SMILES string of the molecule is C=[N+]=CC(=O)CC[C@H]1C(=O)OCC1C(=O)OCc1ccc(OC(C)=O)cc1. The number of rotatable bonds is 8. The van der Waals surface area contributed by atoms with Gasteiger partial charge < -0.3 is 14.2 Å². The Morgan fingerprint density at radius 3 is 2.63 bits per heavy atom. The second kappa shape index (κ2) is 9.45. The molecule has 1 aromatic rings. The third-order valence-electron chi connectivity index (χ3n) is 4.00. The van der Waals surface area contributed by atoms with E-state index >= 15 is 0 Å². The summed E-state index contributed by atoms with van der Waals surface area (Å²) < 4.78 is 18.5. The minimum Gasteiger partial charge on any atom is -0.465 e. The lowest BCUT2D eigenvalue weighted by molar-refractivity contribution is -0.152. The fourth-order valence-electron chi connectivity index (χ4n) is 2.66. The van der Waals surface area contributed by atoms with E-state index in [1.54, 1.807) is 24.3 Å². The molecule has 2 rings (SSSR count). The Kier molecular flexibility index (Phi) is 7.02. The Labute approximate surface area is 155 Å². The van der Waals surface area contributed by atoms with Crippen LogP contribution >= 0.6 is 0 Å². The topological polar surface area (TPSA) is 110 Å². The van der Waals surface area contributed by atoms with Crippen molar-refractivity contribution in [3.63, 3.8) is 0 Å². The third kappa shape index (κ3) is 5.90. The molecule has 1 aliphatic heterocycles. The van der Waals surface area contributed by atoms with Gasteiger partial charge in [-0.05, 0) is 24.1 Å². The van der Waals surface area contributed by atoms with Gasteiger partial charge in [-0.1, -0.05) is 12.1 Å². The molecule has 1 saturated heterocycles. The first kappa shape index (κ1) is 20.1. The fourth-order valence-corrected chi connectivity index (χ4v) is 2.66. The van der Waals surface area contributed by atoms with E-state index in [1.165, 1.54) is 6.92 Å². The van der Waals surface area contributed by atoms with Gasteiger partial charge in [0.2, 0.25) is 5.78 Å². The van der Waals surface area contributed by atoms with Crippen molar-refractivity contribution in [2.45, 2.75) is 26.4 Å². The quantitative estimate of drug-likeness (QED) is 0.284. The number of cyclic esters (lactones) is 1. The monoisotopic (exact) mass is 374 g/mol. The van der Waals surface area contributed by atoms with Crippen LogP contribution in [0, 0.1) is 11.8 Å². The van der Waals surface area contributed by atoms with Gasteiger partial charge in [0, 0.05) is 13.3 Å². The van der Waals surface area contributed by atoms with Gasteiger partial charge in [0.15, 0.2) is 0 Å². The molecule has 1 fully saturated rings. The van der Waals surface area contributed by atoms with Crippen LogP contribution in [0.1, 0.15) is 25.3 Å². The molecule has 142 valence electrons. The Hall–Kier alpha value is -3.25. The van der Waals surface area contributed by atoms with Crippen LogP contribution in [0.25, 0.3) is 0 Å². The maximum absolute atomic E-state index is 12.3. The summed E-state index contributed by atoms with van der Waals surface area (Å²) in [5.41, 5.74) is 0.697. The van der Waals surface area contributed by atoms with E-state index < -0.39 is 29.7 Å². The zero-order valence-electron chi connectivity index (χ0n) is 14.9. The normalized spacial score (nSPS) is 18.2. The van der Waals surface area contributed by atoms with E-state index in [0.29, 0.717) is 11.3 Å². The van der Waals surface area contributed by atoms with Gasteiger partial charge in [0.25, 0.3) is 6.72 Å². The maximum Gasteiger partial charge on any atom is 0.334 e. The predicted octanol–water partition coefficient (Wildman–Crippen LogP) is 0.632. The average Bonchev–Trinajstić information content (AvgIpc) is 2.99. The zero-order valence-corrected chi connectivity index (χ0v) is 14.9. The van der Waals surface area contributed by atoms with Gasteiger partial charge in [-0.3, -0.25) is 19.2 Å². The minimum absolute atomic E-state index is 0.00366. The molecule has 8 nitrogen and oxygen atoms in total. The zero-order chi connectivity index (χ0) is 19.8. The van der Waals surface area contributed by atoms with Crippen LogP contribution in [-0.2, 0) is 35.3 Å². The highest BCUT2D eigenvalue weighted by atomic mass is 16.6. The van der Waals surface area contributed by atoms with Gasteiger partial charge in [-0.15, -0.1) is 4.67 Å². The molecule has 0 aromatic heterocycles. The Balaban J connectivity index is 1.89. The first-order valence-electron chi connectivity index (χ1n) is 8.33. The molecule has 1 heterocycles. The van der Waals surface area contributed by atoms with E-state index in [-0.39, 0.29) is 31.8 Å². The Morgan fingerprint density at radius 2 is 2.00 bits per heavy atom. The number of ketones is 1. The van der Waals surface area contributed by atoms with Crippen LogP contribution in [0.4, 0.5) is 0 Å². The first-order chi connectivity index (χ1) is 12.9. The third-order valence-corrected chi connectivity index (χ3v) is 4.00. The minimum atomic E-state index is -0.748. The number of carbonyl (C=O) groups is 4. The summed E-state index contributed by atoms with van der Waals surface area (Å²) in [7, 11) is 0. The van der Waals surface area contributed by atoms with Crippen molar-refractivity contribution in [2.75, 3.05) is 6.61 Å². The van der Waals surface area contributed by atoms with Crippen LogP contribution < -0.4 is 9.40 Å². The van der Waals surface area contributed by atoms with Gasteiger partial charge in [-0.25, -0.2) is 0 Å². The number of nitrogens with zero attached hydrogens (tertiary/aromatic N) is 1. The second-order valence-corrected chi connectivity index (χ2v) is 6.00. The van der Waals surface area contributed by atoms with Crippen molar-refractivity contribution < 1.29 is 33.4 Å². The smallest absolute Gasteiger partial charge is 0.334 e. The van der Waals surface area contributed by atoms with Crippen molar-refractivity contribution in [3.05, 3.63) is 29.8 Å². The van der Waals surface area contributed by atoms with Crippen LogP contribution in [0.15, 0.2) is 24.3 Å². The van der Waals surface area contributed by atoms with Crippen molar-refractivity contribution >= 4 is 36.6 Å². The summed E-state index contributed by atoms with van der Waals surface area (Å²) in [6.07, 6.45) is 1.33. The molecule has 27 heavy (non-hydrogen) atoms. The second-order valence-electron chi connectivity index (χ2n) is 6.00. The lowest BCUT2D eigenvalue weighted by Crippen LogP contribution is -2.26. The van der Waals surface area contributed by atoms with E-state index in [4.69, 9.17) is 14.2 Å². The molecule has 0 amide bonds. The van der Waals surface area contributed by atoms with Gasteiger partial charge in [0.05, 0.1) is 5.92 Å². The number of hydrogen-bond donors (Lipinski definition) is 0. The lowest BCUT2D eigenvalue weighted by atomic mass is 9.90. The number of esters is 3. The molecular weight excluding hydrogens is 354 g/mol. The van der Waals surface area contributed by atoms with Crippen molar-refractivity contribution in [1.82, 2.24) is 4.67 Å².